The summed E-state index contributed by atoms with van der Waals surface area (Å²) in [5.74, 6) is 0.840. The number of hydrogen-bond donors (Lipinski definition) is 1. The molecule has 1 aliphatic heterocycles. The van der Waals surface area contributed by atoms with Crippen LogP contribution in [0.4, 0.5) is 0 Å². The Bertz CT molecular complexity index is 291. The molecule has 5 nitrogen and oxygen atoms in total. The third-order valence-electron chi connectivity index (χ3n) is 2.09. The van der Waals surface area contributed by atoms with Gasteiger partial charge in [-0.1, -0.05) is 0 Å². The van der Waals surface area contributed by atoms with Gasteiger partial charge in [0.25, 0.3) is 0 Å². The van der Waals surface area contributed by atoms with Crippen LogP contribution in [0.15, 0.2) is 0 Å². The zero-order valence-corrected chi connectivity index (χ0v) is 9.52. The summed E-state index contributed by atoms with van der Waals surface area (Å²) >= 11 is 0. The van der Waals surface area contributed by atoms with Gasteiger partial charge in [-0.25, -0.2) is 12.7 Å². The van der Waals surface area contributed by atoms with Gasteiger partial charge in [0.05, 0.1) is 5.75 Å². The molecule has 0 unspecified atom stereocenters. The van der Waals surface area contributed by atoms with E-state index in [9.17, 15) is 12.6 Å². The standard InChI is InChI=1S/C7H15NO4S2/c9-4-1-7-14(11,12)8-2-5-13(10)6-3-8/h9H,1-7H2. The minimum Gasteiger partial charge on any atom is -0.396 e. The first-order valence-electron chi connectivity index (χ1n) is 4.50. The molecule has 0 atom stereocenters. The van der Waals surface area contributed by atoms with E-state index in [0.29, 0.717) is 24.6 Å². The summed E-state index contributed by atoms with van der Waals surface area (Å²) < 4.78 is 35.5. The van der Waals surface area contributed by atoms with E-state index in [4.69, 9.17) is 5.11 Å². The van der Waals surface area contributed by atoms with E-state index in [1.165, 1.54) is 4.31 Å². The smallest absolute Gasteiger partial charge is 0.214 e. The Morgan fingerprint density at radius 3 is 2.36 bits per heavy atom. The minimum atomic E-state index is -3.23. The molecule has 0 spiro atoms. The first-order chi connectivity index (χ1) is 6.56. The SMILES string of the molecule is O=S1CCN(S(=O)(=O)CCCO)CC1. The van der Waals surface area contributed by atoms with Crippen LogP contribution in [0.3, 0.4) is 0 Å². The number of rotatable bonds is 4. The molecule has 1 heterocycles. The van der Waals surface area contributed by atoms with Crippen molar-refractivity contribution in [1.29, 1.82) is 0 Å². The van der Waals surface area contributed by atoms with Crippen molar-refractivity contribution in [2.24, 2.45) is 0 Å². The van der Waals surface area contributed by atoms with Crippen LogP contribution in [-0.2, 0) is 20.8 Å². The van der Waals surface area contributed by atoms with Crippen LogP contribution in [0.5, 0.6) is 0 Å². The maximum atomic E-state index is 11.6. The quantitative estimate of drug-likeness (QED) is 0.668. The lowest BCUT2D eigenvalue weighted by Gasteiger charge is -2.25. The average Bonchev–Trinajstić information content (AvgIpc) is 2.16. The van der Waals surface area contributed by atoms with Gasteiger partial charge in [-0.3, -0.25) is 4.21 Å². The molecule has 0 saturated carbocycles. The molecule has 0 bridgehead atoms. The minimum absolute atomic E-state index is 0.0177. The molecule has 0 amide bonds. The Hall–Kier alpha value is 0.0200. The summed E-state index contributed by atoms with van der Waals surface area (Å²) in [5.41, 5.74) is 0. The highest BCUT2D eigenvalue weighted by Crippen LogP contribution is 2.08. The van der Waals surface area contributed by atoms with Crippen molar-refractivity contribution >= 4 is 20.8 Å². The fourth-order valence-electron chi connectivity index (χ4n) is 1.28. The van der Waals surface area contributed by atoms with Gasteiger partial charge in [0, 0.05) is 42.0 Å². The zero-order chi connectivity index (χ0) is 10.6. The average molecular weight is 241 g/mol. The van der Waals surface area contributed by atoms with Crippen molar-refractivity contribution in [3.63, 3.8) is 0 Å². The van der Waals surface area contributed by atoms with E-state index in [2.05, 4.69) is 0 Å². The molecule has 14 heavy (non-hydrogen) atoms. The van der Waals surface area contributed by atoms with E-state index in [-0.39, 0.29) is 18.8 Å². The third kappa shape index (κ3) is 3.30. The van der Waals surface area contributed by atoms with Crippen molar-refractivity contribution in [1.82, 2.24) is 4.31 Å². The normalized spacial score (nSPS) is 21.2. The molecule has 1 fully saturated rings. The molecule has 1 N–H and O–H groups in total. The lowest BCUT2D eigenvalue weighted by molar-refractivity contribution is 0.294. The van der Waals surface area contributed by atoms with Gasteiger partial charge in [-0.15, -0.1) is 0 Å². The third-order valence-corrected chi connectivity index (χ3v) is 5.32. The van der Waals surface area contributed by atoms with Crippen LogP contribution in [-0.4, -0.2) is 59.0 Å². The lowest BCUT2D eigenvalue weighted by atomic mass is 10.5. The van der Waals surface area contributed by atoms with E-state index in [1.807, 2.05) is 0 Å². The van der Waals surface area contributed by atoms with E-state index in [1.54, 1.807) is 0 Å². The highest BCUT2D eigenvalue weighted by Gasteiger charge is 2.25. The van der Waals surface area contributed by atoms with Gasteiger partial charge >= 0.3 is 0 Å². The van der Waals surface area contributed by atoms with Crippen molar-refractivity contribution in [2.45, 2.75) is 6.42 Å². The number of nitrogens with zero attached hydrogens (tertiary/aromatic N) is 1. The maximum absolute atomic E-state index is 11.6. The summed E-state index contributed by atoms with van der Waals surface area (Å²) in [4.78, 5) is 0. The van der Waals surface area contributed by atoms with Crippen LogP contribution in [0.25, 0.3) is 0 Å². The molecule has 1 aliphatic rings. The molecular formula is C7H15NO4S2. The van der Waals surface area contributed by atoms with Crippen molar-refractivity contribution < 1.29 is 17.7 Å². The van der Waals surface area contributed by atoms with Gasteiger partial charge in [0.15, 0.2) is 0 Å². The van der Waals surface area contributed by atoms with Crippen molar-refractivity contribution in [3.8, 4) is 0 Å². The number of aliphatic hydroxyl groups is 1. The van der Waals surface area contributed by atoms with Crippen molar-refractivity contribution in [2.75, 3.05) is 37.0 Å². The molecule has 0 aromatic heterocycles. The van der Waals surface area contributed by atoms with Crippen LogP contribution in [0, 0.1) is 0 Å². The number of sulfonamides is 1. The summed E-state index contributed by atoms with van der Waals surface area (Å²) in [6.45, 7) is 0.583. The predicted molar refractivity (Wildman–Crippen MR) is 54.9 cm³/mol. The molecule has 1 saturated heterocycles. The molecule has 0 aliphatic carbocycles. The monoisotopic (exact) mass is 241 g/mol. The Morgan fingerprint density at radius 1 is 1.29 bits per heavy atom. The predicted octanol–water partition coefficient (Wildman–Crippen LogP) is -1.24. The first kappa shape index (κ1) is 12.1. The molecule has 7 heteroatoms. The molecule has 0 aromatic carbocycles. The largest absolute Gasteiger partial charge is 0.396 e. The molecule has 84 valence electrons. The second-order valence-corrected chi connectivity index (χ2v) is 6.92. The van der Waals surface area contributed by atoms with Gasteiger partial charge in [0.2, 0.25) is 10.0 Å². The molecule has 0 radical (unpaired) electrons. The molecular weight excluding hydrogens is 226 g/mol. The van der Waals surface area contributed by atoms with Gasteiger partial charge in [-0.2, -0.15) is 0 Å². The second-order valence-electron chi connectivity index (χ2n) is 3.14. The first-order valence-corrected chi connectivity index (χ1v) is 7.59. The van der Waals surface area contributed by atoms with E-state index >= 15 is 0 Å². The van der Waals surface area contributed by atoms with Crippen LogP contribution in [0.1, 0.15) is 6.42 Å². The van der Waals surface area contributed by atoms with Crippen molar-refractivity contribution in [3.05, 3.63) is 0 Å². The summed E-state index contributed by atoms with van der Waals surface area (Å²) in [6, 6.07) is 0. The van der Waals surface area contributed by atoms with Crippen LogP contribution in [0.2, 0.25) is 0 Å². The Labute approximate surface area is 86.6 Å². The zero-order valence-electron chi connectivity index (χ0n) is 7.89. The van der Waals surface area contributed by atoms with E-state index < -0.39 is 20.8 Å². The van der Waals surface area contributed by atoms with E-state index in [0.717, 1.165) is 0 Å². The summed E-state index contributed by atoms with van der Waals surface area (Å²) in [6.07, 6.45) is 0.266. The van der Waals surface area contributed by atoms with Crippen LogP contribution < -0.4 is 0 Å². The summed E-state index contributed by atoms with van der Waals surface area (Å²) in [5, 5.41) is 8.54. The number of aliphatic hydroxyl groups excluding tert-OH is 1. The Kier molecular flexibility index (Phi) is 4.49. The summed E-state index contributed by atoms with van der Waals surface area (Å²) in [7, 11) is -4.09. The topological polar surface area (TPSA) is 74.7 Å². The highest BCUT2D eigenvalue weighted by atomic mass is 32.2. The Balaban J connectivity index is 2.51. The van der Waals surface area contributed by atoms with Gasteiger partial charge < -0.3 is 5.11 Å². The fourth-order valence-corrected chi connectivity index (χ4v) is 4.05. The second kappa shape index (κ2) is 5.20. The maximum Gasteiger partial charge on any atom is 0.214 e. The van der Waals surface area contributed by atoms with Crippen LogP contribution >= 0.6 is 0 Å². The molecule has 1 rings (SSSR count). The van der Waals surface area contributed by atoms with Gasteiger partial charge in [0.1, 0.15) is 0 Å². The molecule has 0 aromatic rings. The van der Waals surface area contributed by atoms with Gasteiger partial charge in [-0.05, 0) is 6.42 Å². The lowest BCUT2D eigenvalue weighted by Crippen LogP contribution is -2.42. The fraction of sp³-hybridized carbons (Fsp3) is 1.00. The highest BCUT2D eigenvalue weighted by molar-refractivity contribution is 7.89. The number of hydrogen-bond acceptors (Lipinski definition) is 4. The Morgan fingerprint density at radius 2 is 1.86 bits per heavy atom.